The van der Waals surface area contributed by atoms with Gasteiger partial charge in [0.05, 0.1) is 12.0 Å². The molecular weight excluding hydrogens is 501 g/mol. The summed E-state index contributed by atoms with van der Waals surface area (Å²) in [6.45, 7) is 6.38. The number of anilines is 1. The third-order valence-electron chi connectivity index (χ3n) is 5.81. The highest BCUT2D eigenvalue weighted by atomic mass is 32.3. The van der Waals surface area contributed by atoms with Crippen LogP contribution in [0.3, 0.4) is 0 Å². The molecule has 4 aromatic rings. The third-order valence-corrected chi connectivity index (χ3v) is 5.81. The van der Waals surface area contributed by atoms with Crippen molar-refractivity contribution in [3.63, 3.8) is 0 Å². The first kappa shape index (κ1) is 26.4. The molecule has 5 rings (SSSR count). The molecule has 1 aromatic carbocycles. The van der Waals surface area contributed by atoms with Gasteiger partial charge in [-0.05, 0) is 63.4 Å². The highest BCUT2D eigenvalue weighted by Gasteiger charge is 2.26. The van der Waals surface area contributed by atoms with Crippen LogP contribution >= 0.6 is 0 Å². The lowest BCUT2D eigenvalue weighted by Gasteiger charge is -2.13. The fraction of sp³-hybridized carbons (Fsp3) is 0.333. The van der Waals surface area contributed by atoms with Gasteiger partial charge in [-0.2, -0.15) is 8.42 Å². The van der Waals surface area contributed by atoms with Crippen LogP contribution in [0.15, 0.2) is 49.2 Å². The first-order chi connectivity index (χ1) is 17.5. The Morgan fingerprint density at radius 2 is 1.92 bits per heavy atom. The number of hydrogen-bond donors (Lipinski definition) is 3. The van der Waals surface area contributed by atoms with Crippen molar-refractivity contribution in [1.29, 1.82) is 0 Å². The molecule has 196 valence electrons. The highest BCUT2D eigenvalue weighted by molar-refractivity contribution is 7.79. The van der Waals surface area contributed by atoms with Crippen LogP contribution in [-0.4, -0.2) is 46.8 Å². The quantitative estimate of drug-likeness (QED) is 0.296. The molecule has 11 nitrogen and oxygen atoms in total. The first-order valence-corrected chi connectivity index (χ1v) is 13.0. The maximum Gasteiger partial charge on any atom is 0.394 e. The van der Waals surface area contributed by atoms with E-state index in [1.807, 2.05) is 46.7 Å². The van der Waals surface area contributed by atoms with Gasteiger partial charge in [0, 0.05) is 36.0 Å². The Labute approximate surface area is 214 Å². The van der Waals surface area contributed by atoms with E-state index in [4.69, 9.17) is 17.5 Å². The van der Waals surface area contributed by atoms with Crippen molar-refractivity contribution >= 4 is 16.2 Å². The van der Waals surface area contributed by atoms with Crippen LogP contribution in [0.1, 0.15) is 55.5 Å². The predicted octanol–water partition coefficient (Wildman–Crippen LogP) is 4.39. The van der Waals surface area contributed by atoms with Crippen LogP contribution in [0.4, 0.5) is 10.2 Å². The molecule has 0 unspecified atom stereocenters. The van der Waals surface area contributed by atoms with Crippen molar-refractivity contribution in [2.24, 2.45) is 0 Å². The number of pyridine rings is 1. The second-order valence-electron chi connectivity index (χ2n) is 9.08. The number of benzene rings is 1. The second kappa shape index (κ2) is 10.7. The maximum atomic E-state index is 14.7. The molecule has 1 fully saturated rings. The molecule has 0 spiro atoms. The molecule has 3 heterocycles. The number of rotatable bonds is 7. The van der Waals surface area contributed by atoms with E-state index in [2.05, 4.69) is 45.5 Å². The van der Waals surface area contributed by atoms with E-state index in [1.165, 1.54) is 12.8 Å². The molecule has 3 N–H and O–H groups in total. The Bertz CT molecular complexity index is 1490. The Hall–Kier alpha value is -3.68. The maximum absolute atomic E-state index is 14.7. The molecule has 0 amide bonds. The molecular formula is C24H28FN7O4S. The van der Waals surface area contributed by atoms with Gasteiger partial charge in [0.1, 0.15) is 23.7 Å². The molecule has 0 atom stereocenters. The van der Waals surface area contributed by atoms with Gasteiger partial charge < -0.3 is 14.5 Å². The van der Waals surface area contributed by atoms with Crippen molar-refractivity contribution < 1.29 is 21.9 Å². The zero-order chi connectivity index (χ0) is 26.7. The van der Waals surface area contributed by atoms with Crippen molar-refractivity contribution in [1.82, 2.24) is 29.3 Å². The summed E-state index contributed by atoms with van der Waals surface area (Å²) < 4.78 is 50.3. The van der Waals surface area contributed by atoms with Gasteiger partial charge in [0.2, 0.25) is 0 Å². The van der Waals surface area contributed by atoms with Gasteiger partial charge in [-0.3, -0.25) is 9.11 Å². The van der Waals surface area contributed by atoms with Crippen molar-refractivity contribution in [3.05, 3.63) is 71.8 Å². The molecule has 0 bridgehead atoms. The average Bonchev–Trinajstić information content (AvgIpc) is 3.34. The van der Waals surface area contributed by atoms with E-state index in [9.17, 15) is 4.39 Å². The highest BCUT2D eigenvalue weighted by Crippen LogP contribution is 2.39. The fourth-order valence-corrected chi connectivity index (χ4v) is 3.83. The van der Waals surface area contributed by atoms with Gasteiger partial charge in [0.15, 0.2) is 5.82 Å². The Morgan fingerprint density at radius 1 is 1.19 bits per heavy atom. The third kappa shape index (κ3) is 6.96. The van der Waals surface area contributed by atoms with E-state index in [0.717, 1.165) is 22.6 Å². The van der Waals surface area contributed by atoms with Crippen LogP contribution in [0.25, 0.3) is 17.2 Å². The van der Waals surface area contributed by atoms with Gasteiger partial charge in [-0.1, -0.05) is 6.07 Å². The molecule has 13 heteroatoms. The number of imidazole rings is 1. The summed E-state index contributed by atoms with van der Waals surface area (Å²) in [5.74, 6) is 1.70. The van der Waals surface area contributed by atoms with Gasteiger partial charge in [-0.15, -0.1) is 10.2 Å². The van der Waals surface area contributed by atoms with Crippen LogP contribution < -0.4 is 5.32 Å². The van der Waals surface area contributed by atoms with Crippen LogP contribution in [-0.2, 0) is 16.9 Å². The molecule has 3 aromatic heterocycles. The van der Waals surface area contributed by atoms with E-state index in [1.54, 1.807) is 12.4 Å². The van der Waals surface area contributed by atoms with Crippen molar-refractivity contribution in [3.8, 4) is 17.2 Å². The van der Waals surface area contributed by atoms with E-state index in [-0.39, 0.29) is 11.9 Å². The standard InChI is InChI=1S/C24H26FN7.H2O4S/c1-15(2)32-14-28-30-24(32)20-5-4-6-23(29-20)26-11-18-10-22(16(3)9-19(18)25)31-12-21(27-13-31)17-7-8-17;1-5(2,3)4/h4-6,9-10,12-15,17H,7-8,11H2,1-3H3,(H,26,29);(H2,1,2,3,4). The molecule has 1 aliphatic rings. The summed E-state index contributed by atoms with van der Waals surface area (Å²) in [5.41, 5.74) is 4.22. The van der Waals surface area contributed by atoms with Gasteiger partial charge in [-0.25, -0.2) is 14.4 Å². The number of halogens is 1. The van der Waals surface area contributed by atoms with E-state index in [0.29, 0.717) is 29.7 Å². The summed E-state index contributed by atoms with van der Waals surface area (Å²) in [4.78, 5) is 9.18. The lowest BCUT2D eigenvalue weighted by Crippen LogP contribution is -2.07. The van der Waals surface area contributed by atoms with Crippen molar-refractivity contribution in [2.75, 3.05) is 5.32 Å². The summed E-state index contributed by atoms with van der Waals surface area (Å²) in [7, 11) is -4.67. The number of nitrogens with zero attached hydrogens (tertiary/aromatic N) is 6. The minimum Gasteiger partial charge on any atom is -0.366 e. The number of hydrogen-bond acceptors (Lipinski definition) is 7. The normalized spacial score (nSPS) is 13.4. The minimum absolute atomic E-state index is 0.224. The Balaban J connectivity index is 0.000000586. The minimum atomic E-state index is -4.67. The molecule has 1 aliphatic carbocycles. The number of aromatic nitrogens is 6. The lowest BCUT2D eigenvalue weighted by molar-refractivity contribution is 0.381. The van der Waals surface area contributed by atoms with Crippen LogP contribution in [0.5, 0.6) is 0 Å². The average molecular weight is 530 g/mol. The molecule has 0 radical (unpaired) electrons. The van der Waals surface area contributed by atoms with Gasteiger partial charge in [0.25, 0.3) is 0 Å². The summed E-state index contributed by atoms with van der Waals surface area (Å²) >= 11 is 0. The SMILES string of the molecule is Cc1cc(F)c(CNc2cccc(-c3nncn3C(C)C)n2)cc1-n1cnc(C2CC2)c1.O=S(=O)(O)O. The van der Waals surface area contributed by atoms with E-state index < -0.39 is 10.4 Å². The topological polar surface area (TPSA) is 148 Å². The van der Waals surface area contributed by atoms with Gasteiger partial charge >= 0.3 is 10.4 Å². The first-order valence-electron chi connectivity index (χ1n) is 11.6. The molecule has 37 heavy (non-hydrogen) atoms. The van der Waals surface area contributed by atoms with Crippen LogP contribution in [0.2, 0.25) is 0 Å². The molecule has 0 saturated heterocycles. The fourth-order valence-electron chi connectivity index (χ4n) is 3.83. The monoisotopic (exact) mass is 529 g/mol. The molecule has 0 aliphatic heterocycles. The smallest absolute Gasteiger partial charge is 0.366 e. The summed E-state index contributed by atoms with van der Waals surface area (Å²) in [5, 5.41) is 11.5. The zero-order valence-electron chi connectivity index (χ0n) is 20.6. The number of nitrogens with one attached hydrogen (secondary N) is 1. The lowest BCUT2D eigenvalue weighted by atomic mass is 10.1. The second-order valence-corrected chi connectivity index (χ2v) is 9.97. The predicted molar refractivity (Wildman–Crippen MR) is 135 cm³/mol. The van der Waals surface area contributed by atoms with E-state index >= 15 is 0 Å². The largest absolute Gasteiger partial charge is 0.394 e. The summed E-state index contributed by atoms with van der Waals surface area (Å²) in [6.07, 6.45) is 7.99. The summed E-state index contributed by atoms with van der Waals surface area (Å²) in [6, 6.07) is 9.36. The Morgan fingerprint density at radius 3 is 2.59 bits per heavy atom. The zero-order valence-corrected chi connectivity index (χ0v) is 21.4. The number of aryl methyl sites for hydroxylation is 1. The Kier molecular flexibility index (Phi) is 7.66. The molecule has 1 saturated carbocycles. The van der Waals surface area contributed by atoms with Crippen molar-refractivity contribution in [2.45, 2.75) is 52.1 Å². The van der Waals surface area contributed by atoms with Crippen LogP contribution in [0, 0.1) is 12.7 Å².